The fourth-order valence-corrected chi connectivity index (χ4v) is 6.40. The summed E-state index contributed by atoms with van der Waals surface area (Å²) in [6.45, 7) is 5.88. The van der Waals surface area contributed by atoms with Crippen LogP contribution < -0.4 is 0 Å². The predicted octanol–water partition coefficient (Wildman–Crippen LogP) is 5.37. The molecule has 2 aromatic carbocycles. The van der Waals surface area contributed by atoms with Crippen LogP contribution in [0.4, 0.5) is 0 Å². The zero-order valence-electron chi connectivity index (χ0n) is 17.5. The highest BCUT2D eigenvalue weighted by Gasteiger charge is 2.31. The van der Waals surface area contributed by atoms with Crippen LogP contribution in [0.25, 0.3) is 22.2 Å². The summed E-state index contributed by atoms with van der Waals surface area (Å²) in [5.41, 5.74) is 1.78. The molecule has 0 aliphatic carbocycles. The average Bonchev–Trinajstić information content (AvgIpc) is 3.40. The molecule has 0 unspecified atom stereocenters. The number of benzene rings is 2. The van der Waals surface area contributed by atoms with E-state index in [1.54, 1.807) is 13.0 Å². The second-order valence-electron chi connectivity index (χ2n) is 7.45. The van der Waals surface area contributed by atoms with Crippen LogP contribution in [-0.4, -0.2) is 28.9 Å². The molecule has 6 nitrogen and oxygen atoms in total. The Balaban J connectivity index is 1.66. The van der Waals surface area contributed by atoms with Crippen LogP contribution in [0, 0.1) is 6.92 Å². The molecule has 0 amide bonds. The SMILES string of the molecule is Cc1sc(-c2nc(-c3ccccc3)no2)cc1S(=O)(=O)N(Cc1ccccc1)C(C)C. The fourth-order valence-electron chi connectivity index (χ4n) is 3.29. The molecule has 0 N–H and O–H groups in total. The Morgan fingerprint density at radius 3 is 2.32 bits per heavy atom. The van der Waals surface area contributed by atoms with Gasteiger partial charge in [0.15, 0.2) is 0 Å². The summed E-state index contributed by atoms with van der Waals surface area (Å²) in [4.78, 5) is 6.06. The Bertz CT molecular complexity index is 1260. The van der Waals surface area contributed by atoms with Gasteiger partial charge in [-0.2, -0.15) is 9.29 Å². The van der Waals surface area contributed by atoms with E-state index in [-0.39, 0.29) is 10.9 Å². The molecule has 0 radical (unpaired) electrons. The van der Waals surface area contributed by atoms with E-state index in [2.05, 4.69) is 10.1 Å². The van der Waals surface area contributed by atoms with Gasteiger partial charge in [0.1, 0.15) is 0 Å². The van der Waals surface area contributed by atoms with Gasteiger partial charge in [-0.1, -0.05) is 65.8 Å². The molecule has 4 aromatic rings. The normalized spacial score (nSPS) is 12.0. The van der Waals surface area contributed by atoms with E-state index in [0.29, 0.717) is 28.0 Å². The lowest BCUT2D eigenvalue weighted by Gasteiger charge is -2.26. The van der Waals surface area contributed by atoms with Gasteiger partial charge in [-0.25, -0.2) is 8.42 Å². The highest BCUT2D eigenvalue weighted by molar-refractivity contribution is 7.89. The van der Waals surface area contributed by atoms with Crippen LogP contribution in [0.15, 0.2) is 76.1 Å². The van der Waals surface area contributed by atoms with Gasteiger partial charge in [0.25, 0.3) is 5.89 Å². The van der Waals surface area contributed by atoms with Crippen molar-refractivity contribution in [2.45, 2.75) is 38.3 Å². The van der Waals surface area contributed by atoms with Crippen LogP contribution in [0.5, 0.6) is 0 Å². The maximum absolute atomic E-state index is 13.5. The molecule has 0 fully saturated rings. The fraction of sp³-hybridized carbons (Fsp3) is 0.217. The molecule has 0 aliphatic heterocycles. The van der Waals surface area contributed by atoms with Crippen molar-refractivity contribution in [3.05, 3.63) is 77.2 Å². The summed E-state index contributed by atoms with van der Waals surface area (Å²) in [5, 5.41) is 4.04. The van der Waals surface area contributed by atoms with Crippen LogP contribution in [-0.2, 0) is 16.6 Å². The molecule has 0 aliphatic rings. The molecule has 2 aromatic heterocycles. The zero-order valence-corrected chi connectivity index (χ0v) is 19.2. The highest BCUT2D eigenvalue weighted by atomic mass is 32.2. The zero-order chi connectivity index (χ0) is 22.0. The Labute approximate surface area is 186 Å². The predicted molar refractivity (Wildman–Crippen MR) is 122 cm³/mol. The third-order valence-electron chi connectivity index (χ3n) is 4.88. The number of thiophene rings is 1. The van der Waals surface area contributed by atoms with E-state index < -0.39 is 10.0 Å². The van der Waals surface area contributed by atoms with Crippen molar-refractivity contribution in [2.24, 2.45) is 0 Å². The van der Waals surface area contributed by atoms with E-state index in [0.717, 1.165) is 11.1 Å². The number of hydrogen-bond acceptors (Lipinski definition) is 6. The second kappa shape index (κ2) is 8.74. The molecular formula is C23H23N3O3S2. The number of sulfonamides is 1. The largest absolute Gasteiger partial charge is 0.333 e. The third-order valence-corrected chi connectivity index (χ3v) is 8.20. The third kappa shape index (κ3) is 4.46. The maximum atomic E-state index is 13.5. The van der Waals surface area contributed by atoms with Gasteiger partial charge in [-0.3, -0.25) is 0 Å². The minimum atomic E-state index is -3.71. The molecule has 0 saturated heterocycles. The van der Waals surface area contributed by atoms with E-state index >= 15 is 0 Å². The number of hydrogen-bond donors (Lipinski definition) is 0. The van der Waals surface area contributed by atoms with Crippen molar-refractivity contribution in [1.29, 1.82) is 0 Å². The monoisotopic (exact) mass is 453 g/mol. The van der Waals surface area contributed by atoms with Gasteiger partial charge >= 0.3 is 0 Å². The molecule has 0 bridgehead atoms. The lowest BCUT2D eigenvalue weighted by Crippen LogP contribution is -2.36. The van der Waals surface area contributed by atoms with Crippen molar-refractivity contribution in [1.82, 2.24) is 14.4 Å². The number of aromatic nitrogens is 2. The molecule has 31 heavy (non-hydrogen) atoms. The van der Waals surface area contributed by atoms with Crippen molar-refractivity contribution >= 4 is 21.4 Å². The van der Waals surface area contributed by atoms with Gasteiger partial charge in [0.05, 0.1) is 9.77 Å². The quantitative estimate of drug-likeness (QED) is 0.376. The van der Waals surface area contributed by atoms with E-state index in [9.17, 15) is 8.42 Å². The van der Waals surface area contributed by atoms with Gasteiger partial charge in [-0.05, 0) is 32.4 Å². The lowest BCUT2D eigenvalue weighted by molar-refractivity contribution is 0.348. The van der Waals surface area contributed by atoms with E-state index in [1.807, 2.05) is 74.5 Å². The lowest BCUT2D eigenvalue weighted by atomic mass is 10.2. The van der Waals surface area contributed by atoms with Gasteiger partial charge in [0, 0.05) is 23.0 Å². The molecule has 0 spiro atoms. The molecule has 4 rings (SSSR count). The number of rotatable bonds is 7. The Hall–Kier alpha value is -2.81. The van der Waals surface area contributed by atoms with Gasteiger partial charge in [0.2, 0.25) is 15.8 Å². The molecular weight excluding hydrogens is 430 g/mol. The van der Waals surface area contributed by atoms with Crippen LogP contribution >= 0.6 is 11.3 Å². The minimum Gasteiger partial charge on any atom is -0.333 e. The summed E-state index contributed by atoms with van der Waals surface area (Å²) in [6.07, 6.45) is 0. The topological polar surface area (TPSA) is 76.3 Å². The van der Waals surface area contributed by atoms with Gasteiger partial charge < -0.3 is 4.52 Å². The second-order valence-corrected chi connectivity index (χ2v) is 10.6. The van der Waals surface area contributed by atoms with Crippen LogP contribution in [0.2, 0.25) is 0 Å². The smallest absolute Gasteiger partial charge is 0.268 e. The minimum absolute atomic E-state index is 0.193. The first-order chi connectivity index (χ1) is 14.9. The van der Waals surface area contributed by atoms with E-state index in [4.69, 9.17) is 4.52 Å². The molecule has 2 heterocycles. The van der Waals surface area contributed by atoms with Gasteiger partial charge in [-0.15, -0.1) is 11.3 Å². The number of nitrogens with zero attached hydrogens (tertiary/aromatic N) is 3. The first kappa shape index (κ1) is 21.4. The summed E-state index contributed by atoms with van der Waals surface area (Å²) in [5.74, 6) is 0.784. The van der Waals surface area contributed by atoms with Crippen molar-refractivity contribution < 1.29 is 12.9 Å². The highest BCUT2D eigenvalue weighted by Crippen LogP contribution is 2.35. The van der Waals surface area contributed by atoms with Crippen LogP contribution in [0.3, 0.4) is 0 Å². The Morgan fingerprint density at radius 2 is 1.68 bits per heavy atom. The summed E-state index contributed by atoms with van der Waals surface area (Å²) >= 11 is 1.34. The molecule has 160 valence electrons. The summed E-state index contributed by atoms with van der Waals surface area (Å²) in [7, 11) is -3.71. The molecule has 8 heteroatoms. The molecule has 0 atom stereocenters. The number of aryl methyl sites for hydroxylation is 1. The van der Waals surface area contributed by atoms with Crippen molar-refractivity contribution in [3.8, 4) is 22.2 Å². The average molecular weight is 454 g/mol. The summed E-state index contributed by atoms with van der Waals surface area (Å²) < 4.78 is 34.0. The first-order valence-electron chi connectivity index (χ1n) is 9.92. The van der Waals surface area contributed by atoms with Crippen molar-refractivity contribution in [3.63, 3.8) is 0 Å². The molecule has 0 saturated carbocycles. The van der Waals surface area contributed by atoms with E-state index in [1.165, 1.54) is 15.6 Å². The van der Waals surface area contributed by atoms with Crippen molar-refractivity contribution in [2.75, 3.05) is 0 Å². The summed E-state index contributed by atoms with van der Waals surface area (Å²) in [6, 6.07) is 20.6. The maximum Gasteiger partial charge on any atom is 0.268 e. The Morgan fingerprint density at radius 1 is 1.03 bits per heavy atom. The first-order valence-corrected chi connectivity index (χ1v) is 12.2. The standard InChI is InChI=1S/C23H23N3O3S2/c1-16(2)26(15-18-10-6-4-7-11-18)31(27,28)21-14-20(30-17(21)3)23-24-22(25-29-23)19-12-8-5-9-13-19/h4-14,16H,15H2,1-3H3. The Kier molecular flexibility index (Phi) is 6.04. The van der Waals surface area contributed by atoms with Crippen LogP contribution in [0.1, 0.15) is 24.3 Å².